The van der Waals surface area contributed by atoms with Crippen molar-refractivity contribution < 1.29 is 19.8 Å². The van der Waals surface area contributed by atoms with Gasteiger partial charge in [0, 0.05) is 13.1 Å². The van der Waals surface area contributed by atoms with Crippen LogP contribution >= 0.6 is 0 Å². The van der Waals surface area contributed by atoms with Gasteiger partial charge in [0.2, 0.25) is 0 Å². The number of carboxylic acids is 1. The lowest BCUT2D eigenvalue weighted by molar-refractivity contribution is 0.0696. The maximum absolute atomic E-state index is 12.2. The van der Waals surface area contributed by atoms with Crippen molar-refractivity contribution in [3.63, 3.8) is 0 Å². The van der Waals surface area contributed by atoms with Gasteiger partial charge < -0.3 is 20.4 Å². The van der Waals surface area contributed by atoms with Gasteiger partial charge in [-0.15, -0.1) is 0 Å². The van der Waals surface area contributed by atoms with E-state index in [1.807, 2.05) is 0 Å². The molecule has 2 rings (SSSR count). The van der Waals surface area contributed by atoms with Crippen molar-refractivity contribution >= 4 is 17.7 Å². The molecule has 6 nitrogen and oxygen atoms in total. The quantitative estimate of drug-likeness (QED) is 0.747. The number of hydrogen-bond acceptors (Lipinski definition) is 3. The van der Waals surface area contributed by atoms with Gasteiger partial charge in [0.05, 0.1) is 11.3 Å². The fourth-order valence-corrected chi connectivity index (χ4v) is 2.55. The van der Waals surface area contributed by atoms with Gasteiger partial charge in [0.1, 0.15) is 5.75 Å². The summed E-state index contributed by atoms with van der Waals surface area (Å²) in [5, 5.41) is 21.3. The fourth-order valence-electron chi connectivity index (χ4n) is 2.55. The third-order valence-electron chi connectivity index (χ3n) is 3.87. The van der Waals surface area contributed by atoms with Crippen LogP contribution in [-0.2, 0) is 0 Å². The van der Waals surface area contributed by atoms with Crippen molar-refractivity contribution in [3.8, 4) is 5.75 Å². The molecule has 0 spiro atoms. The van der Waals surface area contributed by atoms with Crippen LogP contribution < -0.4 is 5.32 Å². The van der Waals surface area contributed by atoms with Crippen LogP contribution in [0.5, 0.6) is 5.75 Å². The second kappa shape index (κ2) is 6.47. The monoisotopic (exact) mass is 292 g/mol. The number of hydrogen-bond donors (Lipinski definition) is 3. The zero-order valence-electron chi connectivity index (χ0n) is 12.0. The minimum atomic E-state index is -1.12. The highest BCUT2D eigenvalue weighted by Gasteiger charge is 2.23. The molecule has 3 N–H and O–H groups in total. The first-order chi connectivity index (χ1) is 10.0. The third kappa shape index (κ3) is 3.65. The lowest BCUT2D eigenvalue weighted by Crippen LogP contribution is -2.42. The molecule has 1 atom stereocenters. The Balaban J connectivity index is 2.04. The second-order valence-electron chi connectivity index (χ2n) is 5.33. The molecule has 1 fully saturated rings. The van der Waals surface area contributed by atoms with Crippen molar-refractivity contribution in [2.24, 2.45) is 5.92 Å². The van der Waals surface area contributed by atoms with Crippen molar-refractivity contribution in [3.05, 3.63) is 23.8 Å². The molecule has 21 heavy (non-hydrogen) atoms. The molecule has 6 heteroatoms. The summed E-state index contributed by atoms with van der Waals surface area (Å²) in [6.45, 7) is 3.54. The van der Waals surface area contributed by atoms with Gasteiger partial charge in [-0.3, -0.25) is 0 Å². The molecular formula is C15H20N2O4. The van der Waals surface area contributed by atoms with E-state index in [0.29, 0.717) is 12.5 Å². The Bertz CT molecular complexity index is 544. The van der Waals surface area contributed by atoms with Crippen LogP contribution in [-0.4, -0.2) is 40.2 Å². The van der Waals surface area contributed by atoms with E-state index >= 15 is 0 Å². The Kier molecular flexibility index (Phi) is 4.67. The SMILES string of the molecule is CCC1CCCN(C(=O)Nc2ccc(C(=O)O)cc2O)C1. The van der Waals surface area contributed by atoms with Crippen LogP contribution in [0.3, 0.4) is 0 Å². The third-order valence-corrected chi connectivity index (χ3v) is 3.87. The molecule has 0 saturated carbocycles. The van der Waals surface area contributed by atoms with Crippen LogP contribution in [0.15, 0.2) is 18.2 Å². The fraction of sp³-hybridized carbons (Fsp3) is 0.467. The largest absolute Gasteiger partial charge is 0.506 e. The van der Waals surface area contributed by atoms with Gasteiger partial charge >= 0.3 is 12.0 Å². The van der Waals surface area contributed by atoms with E-state index in [1.165, 1.54) is 12.1 Å². The highest BCUT2D eigenvalue weighted by atomic mass is 16.4. The van der Waals surface area contributed by atoms with Gasteiger partial charge in [-0.2, -0.15) is 0 Å². The molecule has 1 saturated heterocycles. The van der Waals surface area contributed by atoms with E-state index in [4.69, 9.17) is 5.11 Å². The predicted molar refractivity (Wildman–Crippen MR) is 78.7 cm³/mol. The number of carboxylic acid groups (broad SMARTS) is 1. The molecule has 0 aliphatic carbocycles. The predicted octanol–water partition coefficient (Wildman–Crippen LogP) is 2.74. The Morgan fingerprint density at radius 3 is 2.81 bits per heavy atom. The molecule has 1 heterocycles. The highest BCUT2D eigenvalue weighted by Crippen LogP contribution is 2.26. The van der Waals surface area contributed by atoms with E-state index in [2.05, 4.69) is 12.2 Å². The van der Waals surface area contributed by atoms with Gasteiger partial charge in [-0.25, -0.2) is 9.59 Å². The van der Waals surface area contributed by atoms with Crippen LogP contribution in [0, 0.1) is 5.92 Å². The lowest BCUT2D eigenvalue weighted by atomic mass is 9.96. The van der Waals surface area contributed by atoms with Crippen LogP contribution in [0.2, 0.25) is 0 Å². The van der Waals surface area contributed by atoms with Crippen LogP contribution in [0.1, 0.15) is 36.5 Å². The summed E-state index contributed by atoms with van der Waals surface area (Å²) >= 11 is 0. The van der Waals surface area contributed by atoms with Crippen molar-refractivity contribution in [1.29, 1.82) is 0 Å². The number of carbonyl (C=O) groups excluding carboxylic acids is 1. The van der Waals surface area contributed by atoms with E-state index in [0.717, 1.165) is 31.9 Å². The minimum absolute atomic E-state index is 0.0190. The van der Waals surface area contributed by atoms with Crippen LogP contribution in [0.4, 0.5) is 10.5 Å². The van der Waals surface area contributed by atoms with Crippen molar-refractivity contribution in [2.45, 2.75) is 26.2 Å². The number of amides is 2. The first-order valence-electron chi connectivity index (χ1n) is 7.13. The molecule has 0 radical (unpaired) electrons. The van der Waals surface area contributed by atoms with Gasteiger partial charge in [-0.1, -0.05) is 13.3 Å². The zero-order chi connectivity index (χ0) is 15.4. The highest BCUT2D eigenvalue weighted by molar-refractivity contribution is 5.93. The lowest BCUT2D eigenvalue weighted by Gasteiger charge is -2.32. The van der Waals surface area contributed by atoms with Gasteiger partial charge in [0.15, 0.2) is 0 Å². The minimum Gasteiger partial charge on any atom is -0.506 e. The number of nitrogens with zero attached hydrogens (tertiary/aromatic N) is 1. The number of nitrogens with one attached hydrogen (secondary N) is 1. The number of urea groups is 1. The molecule has 1 aliphatic heterocycles. The number of benzene rings is 1. The Morgan fingerprint density at radius 2 is 2.19 bits per heavy atom. The van der Waals surface area contributed by atoms with E-state index in [-0.39, 0.29) is 23.0 Å². The summed E-state index contributed by atoms with van der Waals surface area (Å²) in [6, 6.07) is 3.62. The van der Waals surface area contributed by atoms with E-state index in [1.54, 1.807) is 4.90 Å². The average molecular weight is 292 g/mol. The number of phenols is 1. The summed E-state index contributed by atoms with van der Waals surface area (Å²) in [6.07, 6.45) is 3.16. The molecule has 1 aliphatic rings. The summed E-state index contributed by atoms with van der Waals surface area (Å²) in [4.78, 5) is 24.7. The summed E-state index contributed by atoms with van der Waals surface area (Å²) in [7, 11) is 0. The summed E-state index contributed by atoms with van der Waals surface area (Å²) < 4.78 is 0. The zero-order valence-corrected chi connectivity index (χ0v) is 12.0. The molecule has 1 aromatic rings. The average Bonchev–Trinajstić information content (AvgIpc) is 2.49. The van der Waals surface area contributed by atoms with Crippen LogP contribution in [0.25, 0.3) is 0 Å². The standard InChI is InChI=1S/C15H20N2O4/c1-2-10-4-3-7-17(9-10)15(21)16-12-6-5-11(14(19)20)8-13(12)18/h5-6,8,10,18H,2-4,7,9H2,1H3,(H,16,21)(H,19,20). The Morgan fingerprint density at radius 1 is 1.43 bits per heavy atom. The van der Waals surface area contributed by atoms with Crippen molar-refractivity contribution in [2.75, 3.05) is 18.4 Å². The number of likely N-dealkylation sites (tertiary alicyclic amines) is 1. The first-order valence-corrected chi connectivity index (χ1v) is 7.13. The number of anilines is 1. The van der Waals surface area contributed by atoms with E-state index < -0.39 is 5.97 Å². The first kappa shape index (κ1) is 15.2. The summed E-state index contributed by atoms with van der Waals surface area (Å²) in [5.74, 6) is -0.843. The normalized spacial score (nSPS) is 18.3. The van der Waals surface area contributed by atoms with E-state index in [9.17, 15) is 14.7 Å². The molecule has 0 bridgehead atoms. The Hall–Kier alpha value is -2.24. The van der Waals surface area contributed by atoms with Gasteiger partial charge in [0.25, 0.3) is 0 Å². The molecule has 114 valence electrons. The molecule has 1 aromatic carbocycles. The maximum Gasteiger partial charge on any atom is 0.335 e. The van der Waals surface area contributed by atoms with Crippen molar-refractivity contribution in [1.82, 2.24) is 4.90 Å². The molecule has 1 unspecified atom stereocenters. The Labute approximate surface area is 123 Å². The van der Waals surface area contributed by atoms with Gasteiger partial charge in [-0.05, 0) is 37.0 Å². The smallest absolute Gasteiger partial charge is 0.335 e. The number of carbonyl (C=O) groups is 2. The maximum atomic E-state index is 12.2. The number of aromatic carboxylic acids is 1. The molecule has 2 amide bonds. The topological polar surface area (TPSA) is 89.9 Å². The summed E-state index contributed by atoms with van der Waals surface area (Å²) in [5.41, 5.74) is 0.207. The molecule has 0 aromatic heterocycles. The second-order valence-corrected chi connectivity index (χ2v) is 5.33. The number of phenolic OH excluding ortho intramolecular Hbond substituents is 1. The molecular weight excluding hydrogens is 272 g/mol. The number of aromatic hydroxyl groups is 1. The number of rotatable bonds is 3. The number of piperidine rings is 1.